The summed E-state index contributed by atoms with van der Waals surface area (Å²) >= 11 is 1.35. The van der Waals surface area contributed by atoms with E-state index < -0.39 is 5.91 Å². The van der Waals surface area contributed by atoms with Crippen LogP contribution in [0.4, 0.5) is 0 Å². The number of nitrogens with zero attached hydrogens (tertiary/aromatic N) is 3. The zero-order chi connectivity index (χ0) is 21.8. The van der Waals surface area contributed by atoms with Gasteiger partial charge in [-0.2, -0.15) is 4.99 Å². The Bertz CT molecular complexity index is 1300. The van der Waals surface area contributed by atoms with Gasteiger partial charge in [-0.25, -0.2) is 0 Å². The topological polar surface area (TPSA) is 86.7 Å². The highest BCUT2D eigenvalue weighted by Crippen LogP contribution is 2.21. The molecule has 158 valence electrons. The number of benzene rings is 2. The number of esters is 1. The molecule has 0 atom stereocenters. The Labute approximate surface area is 182 Å². The van der Waals surface area contributed by atoms with Crippen molar-refractivity contribution in [3.05, 3.63) is 70.7 Å². The Kier molecular flexibility index (Phi) is 6.08. The molecule has 2 aromatic carbocycles. The monoisotopic (exact) mass is 435 g/mol. The number of thiazole rings is 1. The van der Waals surface area contributed by atoms with Gasteiger partial charge in [0.2, 0.25) is 0 Å². The minimum Gasteiger partial charge on any atom is -0.465 e. The number of fused-ring (bicyclic) bond motifs is 1. The first-order valence-corrected chi connectivity index (χ1v) is 10.8. The van der Waals surface area contributed by atoms with Gasteiger partial charge in [-0.05, 0) is 31.0 Å². The molecule has 31 heavy (non-hydrogen) atoms. The Morgan fingerprint density at radius 3 is 2.68 bits per heavy atom. The Hall–Kier alpha value is -3.52. The largest absolute Gasteiger partial charge is 0.465 e. The van der Waals surface area contributed by atoms with Crippen molar-refractivity contribution in [3.8, 4) is 11.3 Å². The number of aromatic nitrogens is 2. The van der Waals surface area contributed by atoms with Crippen molar-refractivity contribution in [1.82, 2.24) is 9.72 Å². The van der Waals surface area contributed by atoms with Crippen LogP contribution in [0.2, 0.25) is 0 Å². The number of amides is 1. The molecule has 0 spiro atoms. The SMILES string of the molecule is CCOC(=O)Cn1c(=NC(=O)c2cc(-c3ccccc3)on2)sc2cc(CC)ccc21. The number of carbonyl (C=O) groups is 2. The molecule has 0 aliphatic rings. The average Bonchev–Trinajstić information content (AvgIpc) is 3.40. The van der Waals surface area contributed by atoms with Crippen LogP contribution in [-0.4, -0.2) is 28.2 Å². The molecular formula is C23H21N3O4S. The molecule has 4 rings (SSSR count). The van der Waals surface area contributed by atoms with Gasteiger partial charge < -0.3 is 13.8 Å². The van der Waals surface area contributed by atoms with E-state index in [0.717, 1.165) is 22.2 Å². The zero-order valence-electron chi connectivity index (χ0n) is 17.2. The highest BCUT2D eigenvalue weighted by molar-refractivity contribution is 7.16. The lowest BCUT2D eigenvalue weighted by molar-refractivity contribution is -0.143. The minimum atomic E-state index is -0.536. The van der Waals surface area contributed by atoms with Crippen molar-refractivity contribution in [2.24, 2.45) is 4.99 Å². The summed E-state index contributed by atoms with van der Waals surface area (Å²) in [7, 11) is 0. The molecular weight excluding hydrogens is 414 g/mol. The zero-order valence-corrected chi connectivity index (χ0v) is 18.0. The number of rotatable bonds is 6. The van der Waals surface area contributed by atoms with Gasteiger partial charge >= 0.3 is 11.9 Å². The van der Waals surface area contributed by atoms with E-state index in [2.05, 4.69) is 23.1 Å². The van der Waals surface area contributed by atoms with E-state index in [4.69, 9.17) is 9.26 Å². The highest BCUT2D eigenvalue weighted by atomic mass is 32.1. The molecule has 2 heterocycles. The maximum absolute atomic E-state index is 12.8. The van der Waals surface area contributed by atoms with Crippen LogP contribution in [0.3, 0.4) is 0 Å². The summed E-state index contributed by atoms with van der Waals surface area (Å²) in [6.07, 6.45) is 0.887. The molecule has 1 amide bonds. The normalized spacial score (nSPS) is 11.7. The second-order valence-electron chi connectivity index (χ2n) is 6.79. The van der Waals surface area contributed by atoms with Crippen LogP contribution in [0, 0.1) is 0 Å². The summed E-state index contributed by atoms with van der Waals surface area (Å²) in [5, 5.41) is 3.88. The van der Waals surface area contributed by atoms with Crippen LogP contribution >= 0.6 is 11.3 Å². The van der Waals surface area contributed by atoms with Crippen molar-refractivity contribution in [2.45, 2.75) is 26.8 Å². The smallest absolute Gasteiger partial charge is 0.326 e. The van der Waals surface area contributed by atoms with Gasteiger partial charge in [0.05, 0.1) is 16.8 Å². The van der Waals surface area contributed by atoms with E-state index in [1.807, 2.05) is 42.5 Å². The van der Waals surface area contributed by atoms with Gasteiger partial charge in [0, 0.05) is 11.6 Å². The number of hydrogen-bond acceptors (Lipinski definition) is 6. The van der Waals surface area contributed by atoms with Gasteiger partial charge in [-0.3, -0.25) is 9.59 Å². The van der Waals surface area contributed by atoms with Crippen molar-refractivity contribution in [1.29, 1.82) is 0 Å². The molecule has 0 saturated carbocycles. The van der Waals surface area contributed by atoms with E-state index in [0.29, 0.717) is 10.6 Å². The van der Waals surface area contributed by atoms with Crippen molar-refractivity contribution < 1.29 is 18.8 Å². The van der Waals surface area contributed by atoms with Gasteiger partial charge in [0.15, 0.2) is 16.3 Å². The highest BCUT2D eigenvalue weighted by Gasteiger charge is 2.16. The molecule has 0 aliphatic heterocycles. The first kappa shape index (κ1) is 20.7. The Balaban J connectivity index is 1.74. The lowest BCUT2D eigenvalue weighted by Crippen LogP contribution is -2.23. The van der Waals surface area contributed by atoms with E-state index >= 15 is 0 Å². The quantitative estimate of drug-likeness (QED) is 0.423. The predicted molar refractivity (Wildman–Crippen MR) is 118 cm³/mol. The maximum Gasteiger partial charge on any atom is 0.326 e. The predicted octanol–water partition coefficient (Wildman–Crippen LogP) is 4.22. The van der Waals surface area contributed by atoms with Crippen molar-refractivity contribution >= 4 is 33.4 Å². The van der Waals surface area contributed by atoms with Gasteiger partial charge in [-0.15, -0.1) is 0 Å². The molecule has 0 saturated heterocycles. The summed E-state index contributed by atoms with van der Waals surface area (Å²) in [6, 6.07) is 17.0. The number of hydrogen-bond donors (Lipinski definition) is 0. The van der Waals surface area contributed by atoms with E-state index in [1.165, 1.54) is 16.9 Å². The molecule has 4 aromatic rings. The average molecular weight is 436 g/mol. The molecule has 0 unspecified atom stereocenters. The summed E-state index contributed by atoms with van der Waals surface area (Å²) in [5.41, 5.74) is 2.92. The summed E-state index contributed by atoms with van der Waals surface area (Å²) in [5.74, 6) is -0.434. The molecule has 8 heteroatoms. The Morgan fingerprint density at radius 2 is 1.94 bits per heavy atom. The third kappa shape index (κ3) is 4.49. The third-order valence-electron chi connectivity index (χ3n) is 4.73. The van der Waals surface area contributed by atoms with Gasteiger partial charge in [0.25, 0.3) is 0 Å². The van der Waals surface area contributed by atoms with Crippen LogP contribution in [-0.2, 0) is 22.5 Å². The fourth-order valence-electron chi connectivity index (χ4n) is 3.17. The lowest BCUT2D eigenvalue weighted by atomic mass is 10.1. The molecule has 2 aromatic heterocycles. The van der Waals surface area contributed by atoms with Crippen molar-refractivity contribution in [3.63, 3.8) is 0 Å². The number of aryl methyl sites for hydroxylation is 1. The van der Waals surface area contributed by atoms with E-state index in [-0.39, 0.29) is 24.8 Å². The number of carbonyl (C=O) groups excluding carboxylic acids is 2. The molecule has 0 aliphatic carbocycles. The standard InChI is InChI=1S/C23H21N3O4S/c1-3-15-10-11-18-20(12-15)31-23(26(18)14-21(27)29-4-2)24-22(28)17-13-19(30-25-17)16-8-6-5-7-9-16/h5-13H,3-4,14H2,1-2H3. The second-order valence-corrected chi connectivity index (χ2v) is 7.80. The van der Waals surface area contributed by atoms with Crippen LogP contribution in [0.1, 0.15) is 29.9 Å². The first-order chi connectivity index (χ1) is 15.1. The van der Waals surface area contributed by atoms with Gasteiger partial charge in [0.1, 0.15) is 6.54 Å². The first-order valence-electron chi connectivity index (χ1n) is 9.98. The van der Waals surface area contributed by atoms with Crippen LogP contribution in [0.5, 0.6) is 0 Å². The fraction of sp³-hybridized carbons (Fsp3) is 0.217. The maximum atomic E-state index is 12.8. The van der Waals surface area contributed by atoms with E-state index in [9.17, 15) is 9.59 Å². The van der Waals surface area contributed by atoms with E-state index in [1.54, 1.807) is 17.6 Å². The van der Waals surface area contributed by atoms with Crippen LogP contribution in [0.15, 0.2) is 64.1 Å². The molecule has 0 N–H and O–H groups in total. The van der Waals surface area contributed by atoms with Crippen molar-refractivity contribution in [2.75, 3.05) is 6.61 Å². The molecule has 0 radical (unpaired) electrons. The van der Waals surface area contributed by atoms with Gasteiger partial charge in [-0.1, -0.05) is 59.8 Å². The lowest BCUT2D eigenvalue weighted by Gasteiger charge is -2.05. The minimum absolute atomic E-state index is 0.0283. The Morgan fingerprint density at radius 1 is 1.13 bits per heavy atom. The molecule has 0 bridgehead atoms. The van der Waals surface area contributed by atoms with Crippen LogP contribution < -0.4 is 4.80 Å². The number of ether oxygens (including phenoxy) is 1. The summed E-state index contributed by atoms with van der Waals surface area (Å²) < 4.78 is 13.1. The summed E-state index contributed by atoms with van der Waals surface area (Å²) in [6.45, 7) is 4.09. The molecule has 7 nitrogen and oxygen atoms in total. The second kappa shape index (κ2) is 9.09. The van der Waals surface area contributed by atoms with Crippen LogP contribution in [0.25, 0.3) is 21.5 Å². The molecule has 0 fully saturated rings. The third-order valence-corrected chi connectivity index (χ3v) is 5.77. The summed E-state index contributed by atoms with van der Waals surface area (Å²) in [4.78, 5) is 29.6. The fourth-order valence-corrected chi connectivity index (χ4v) is 4.26.